The Morgan fingerprint density at radius 2 is 1.96 bits per heavy atom. The van der Waals surface area contributed by atoms with Gasteiger partial charge in [0.2, 0.25) is 5.91 Å². The lowest BCUT2D eigenvalue weighted by Crippen LogP contribution is -2.36. The summed E-state index contributed by atoms with van der Waals surface area (Å²) in [6.45, 7) is 1.67. The molecule has 3 rings (SSSR count). The van der Waals surface area contributed by atoms with Crippen molar-refractivity contribution in [2.24, 2.45) is 16.3 Å². The zero-order valence-corrected chi connectivity index (χ0v) is 14.5. The molecule has 0 aromatic heterocycles. The zero-order chi connectivity index (χ0) is 17.4. The van der Waals surface area contributed by atoms with Gasteiger partial charge in [-0.05, 0) is 53.8 Å². The third kappa shape index (κ3) is 2.46. The summed E-state index contributed by atoms with van der Waals surface area (Å²) >= 11 is 2.09. The van der Waals surface area contributed by atoms with Crippen molar-refractivity contribution in [2.75, 3.05) is 11.5 Å². The maximum atomic E-state index is 12.7. The number of halogens is 1. The van der Waals surface area contributed by atoms with Crippen LogP contribution < -0.4 is 4.90 Å². The van der Waals surface area contributed by atoms with Crippen LogP contribution in [0.25, 0.3) is 0 Å². The van der Waals surface area contributed by atoms with Crippen molar-refractivity contribution < 1.29 is 19.1 Å². The lowest BCUT2D eigenvalue weighted by molar-refractivity contribution is -0.136. The van der Waals surface area contributed by atoms with Crippen LogP contribution in [0.4, 0.5) is 5.69 Å². The van der Waals surface area contributed by atoms with E-state index < -0.39 is 29.7 Å². The largest absolute Gasteiger partial charge is 0.461 e. The first-order chi connectivity index (χ1) is 11.5. The Balaban J connectivity index is 2.00. The minimum absolute atomic E-state index is 0.0761. The van der Waals surface area contributed by atoms with Gasteiger partial charge in [-0.2, -0.15) is 0 Å². The van der Waals surface area contributed by atoms with Gasteiger partial charge in [-0.3, -0.25) is 9.59 Å². The molecule has 24 heavy (non-hydrogen) atoms. The van der Waals surface area contributed by atoms with Crippen LogP contribution in [-0.4, -0.2) is 41.3 Å². The molecule has 1 fully saturated rings. The third-order valence-electron chi connectivity index (χ3n) is 3.68. The normalized spacial score (nSPS) is 22.5. The van der Waals surface area contributed by atoms with E-state index in [-0.39, 0.29) is 12.3 Å². The molecule has 124 valence electrons. The highest BCUT2D eigenvalue weighted by Crippen LogP contribution is 2.35. The fraction of sp³-hybridized carbons (Fsp3) is 0.286. The van der Waals surface area contributed by atoms with Gasteiger partial charge in [-0.25, -0.2) is 9.69 Å². The number of nitrogens with zero attached hydrogens (tertiary/aromatic N) is 4. The first kappa shape index (κ1) is 16.5. The van der Waals surface area contributed by atoms with Gasteiger partial charge in [0.05, 0.1) is 17.6 Å². The number of fused-ring (bicyclic) bond motifs is 1. The number of esters is 1. The number of nitroso groups, excluding NO2 is 1. The fourth-order valence-electron chi connectivity index (χ4n) is 2.68. The predicted molar refractivity (Wildman–Crippen MR) is 90.6 cm³/mol. The highest BCUT2D eigenvalue weighted by Gasteiger charge is 2.59. The molecule has 1 saturated heterocycles. The topological polar surface area (TPSA) is 109 Å². The summed E-state index contributed by atoms with van der Waals surface area (Å²) in [5.41, 5.74) is 0.0710. The molecule has 2 heterocycles. The van der Waals surface area contributed by atoms with E-state index in [0.29, 0.717) is 10.8 Å². The Kier molecular flexibility index (Phi) is 4.30. The predicted octanol–water partition coefficient (Wildman–Crippen LogP) is 1.07. The number of hydrogen-bond donors (Lipinski definition) is 0. The van der Waals surface area contributed by atoms with E-state index in [1.165, 1.54) is 0 Å². The Morgan fingerprint density at radius 1 is 1.29 bits per heavy atom. The zero-order valence-electron chi connectivity index (χ0n) is 12.4. The molecule has 0 spiro atoms. The number of ether oxygens (including phenoxy) is 1. The average Bonchev–Trinajstić information content (AvgIpc) is 3.07. The highest BCUT2D eigenvalue weighted by atomic mass is 127. The summed E-state index contributed by atoms with van der Waals surface area (Å²) in [6.07, 6.45) is 0. The summed E-state index contributed by atoms with van der Waals surface area (Å²) in [4.78, 5) is 49.2. The molecule has 2 aliphatic rings. The molecular weight excluding hydrogens is 431 g/mol. The first-order valence-electron chi connectivity index (χ1n) is 7.01. The summed E-state index contributed by atoms with van der Waals surface area (Å²) in [5, 5.41) is 6.88. The average molecular weight is 442 g/mol. The smallest absolute Gasteiger partial charge is 0.355 e. The lowest BCUT2D eigenvalue weighted by atomic mass is 9.98. The number of imide groups is 1. The van der Waals surface area contributed by atoms with Gasteiger partial charge >= 0.3 is 5.97 Å². The fourth-order valence-corrected chi connectivity index (χ4v) is 3.04. The second-order valence-electron chi connectivity index (χ2n) is 5.02. The van der Waals surface area contributed by atoms with Crippen LogP contribution in [0.2, 0.25) is 0 Å². The van der Waals surface area contributed by atoms with E-state index in [1.54, 1.807) is 31.2 Å². The molecule has 0 aliphatic carbocycles. The van der Waals surface area contributed by atoms with Crippen LogP contribution in [0, 0.1) is 14.4 Å². The Bertz CT molecular complexity index is 763. The molecule has 1 aromatic rings. The maximum absolute atomic E-state index is 12.7. The van der Waals surface area contributed by atoms with Crippen molar-refractivity contribution in [1.29, 1.82) is 0 Å². The van der Waals surface area contributed by atoms with Crippen molar-refractivity contribution in [2.45, 2.75) is 13.0 Å². The molecule has 2 atom stereocenters. The molecule has 0 bridgehead atoms. The number of benzene rings is 1. The quantitative estimate of drug-likeness (QED) is 0.299. The summed E-state index contributed by atoms with van der Waals surface area (Å²) in [6, 6.07) is 5.44. The van der Waals surface area contributed by atoms with Gasteiger partial charge in [-0.1, -0.05) is 0 Å². The molecule has 1 aromatic carbocycles. The number of hydrogen-bond acceptors (Lipinski definition) is 7. The number of hydrazone groups is 1. The van der Waals surface area contributed by atoms with Gasteiger partial charge in [-0.15, -0.1) is 15.1 Å². The van der Waals surface area contributed by atoms with Gasteiger partial charge in [0.15, 0.2) is 11.8 Å². The van der Waals surface area contributed by atoms with Crippen molar-refractivity contribution in [1.82, 2.24) is 5.12 Å². The Morgan fingerprint density at radius 3 is 2.54 bits per heavy atom. The van der Waals surface area contributed by atoms with E-state index in [4.69, 9.17) is 4.74 Å². The van der Waals surface area contributed by atoms with Crippen LogP contribution in [0.3, 0.4) is 0 Å². The summed E-state index contributed by atoms with van der Waals surface area (Å²) in [5.74, 6) is -3.34. The van der Waals surface area contributed by atoms with E-state index in [1.807, 2.05) is 0 Å². The minimum atomic E-state index is -1.26. The molecule has 2 unspecified atom stereocenters. The van der Waals surface area contributed by atoms with Crippen LogP contribution in [0.1, 0.15) is 6.92 Å². The van der Waals surface area contributed by atoms with Gasteiger partial charge in [0.25, 0.3) is 5.91 Å². The van der Waals surface area contributed by atoms with Crippen LogP contribution in [0.15, 0.2) is 34.7 Å². The van der Waals surface area contributed by atoms with Crippen LogP contribution in [-0.2, 0) is 19.1 Å². The van der Waals surface area contributed by atoms with Crippen molar-refractivity contribution >= 4 is 51.8 Å². The van der Waals surface area contributed by atoms with E-state index in [2.05, 4.69) is 33.0 Å². The maximum Gasteiger partial charge on any atom is 0.355 e. The summed E-state index contributed by atoms with van der Waals surface area (Å²) in [7, 11) is 0. The molecule has 9 nitrogen and oxygen atoms in total. The second-order valence-corrected chi connectivity index (χ2v) is 6.26. The molecule has 0 radical (unpaired) electrons. The second kappa shape index (κ2) is 6.26. The standard InChI is InChI=1S/C14H11IN4O5/c1-2-24-14(22)10-9-11(19(16-10)17-23)13(21)18(12(9)20)8-5-3-7(15)4-6-8/h3-6,9,11H,2H2,1H3. The first-order valence-corrected chi connectivity index (χ1v) is 8.09. The van der Waals surface area contributed by atoms with Crippen molar-refractivity contribution in [3.8, 4) is 0 Å². The Labute approximate surface area is 149 Å². The molecule has 0 N–H and O–H groups in total. The monoisotopic (exact) mass is 442 g/mol. The molecule has 2 aliphatic heterocycles. The van der Waals surface area contributed by atoms with Crippen molar-refractivity contribution in [3.05, 3.63) is 32.7 Å². The van der Waals surface area contributed by atoms with E-state index >= 15 is 0 Å². The van der Waals surface area contributed by atoms with E-state index in [0.717, 1.165) is 8.47 Å². The SMILES string of the molecule is CCOC(=O)C1=NN(N=O)C2C(=O)N(c3ccc(I)cc3)C(=O)C12. The van der Waals surface area contributed by atoms with Crippen molar-refractivity contribution in [3.63, 3.8) is 0 Å². The molecule has 2 amide bonds. The van der Waals surface area contributed by atoms with Crippen LogP contribution in [0.5, 0.6) is 0 Å². The van der Waals surface area contributed by atoms with Crippen LogP contribution >= 0.6 is 22.6 Å². The summed E-state index contributed by atoms with van der Waals surface area (Å²) < 4.78 is 5.78. The molecular formula is C14H11IN4O5. The van der Waals surface area contributed by atoms with Gasteiger partial charge in [0.1, 0.15) is 5.92 Å². The number of carbonyl (C=O) groups excluding carboxylic acids is 3. The number of amides is 2. The minimum Gasteiger partial charge on any atom is -0.461 e. The third-order valence-corrected chi connectivity index (χ3v) is 4.40. The number of rotatable bonds is 4. The molecule has 0 saturated carbocycles. The van der Waals surface area contributed by atoms with Gasteiger partial charge in [0, 0.05) is 3.57 Å². The lowest BCUT2D eigenvalue weighted by Gasteiger charge is -2.16. The van der Waals surface area contributed by atoms with Gasteiger partial charge < -0.3 is 4.74 Å². The number of anilines is 1. The van der Waals surface area contributed by atoms with E-state index in [9.17, 15) is 19.3 Å². The highest BCUT2D eigenvalue weighted by molar-refractivity contribution is 14.1. The Hall–Kier alpha value is -2.37. The molecule has 10 heteroatoms. The number of carbonyl (C=O) groups is 3.